The SMILES string of the molecule is CSc1ncc(C(=O)N2CCN3CCN(C)CC3C2)c(=O)[nH]1. The smallest absolute Gasteiger partial charge is 0.264 e. The molecule has 2 aliphatic heterocycles. The molecule has 2 saturated heterocycles. The lowest BCUT2D eigenvalue weighted by Crippen LogP contribution is -2.62. The average molecular weight is 323 g/mol. The topological polar surface area (TPSA) is 72.5 Å². The van der Waals surface area contributed by atoms with Crippen LogP contribution in [0.25, 0.3) is 0 Å². The lowest BCUT2D eigenvalue weighted by molar-refractivity contribution is 0.0188. The maximum Gasteiger partial charge on any atom is 0.264 e. The van der Waals surface area contributed by atoms with E-state index in [1.807, 2.05) is 6.26 Å². The van der Waals surface area contributed by atoms with Gasteiger partial charge in [0.15, 0.2) is 5.16 Å². The zero-order chi connectivity index (χ0) is 15.7. The number of amides is 1. The van der Waals surface area contributed by atoms with Crippen LogP contribution < -0.4 is 5.56 Å². The lowest BCUT2D eigenvalue weighted by Gasteiger charge is -2.46. The number of carbonyl (C=O) groups excluding carboxylic acids is 1. The normalized spacial score (nSPS) is 23.4. The second-order valence-corrected chi connectivity index (χ2v) is 6.63. The van der Waals surface area contributed by atoms with E-state index in [0.29, 0.717) is 24.3 Å². The molecule has 1 aromatic rings. The fourth-order valence-corrected chi connectivity index (χ4v) is 3.45. The molecule has 120 valence electrons. The summed E-state index contributed by atoms with van der Waals surface area (Å²) in [5.74, 6) is -0.214. The van der Waals surface area contributed by atoms with Crippen molar-refractivity contribution in [1.82, 2.24) is 24.7 Å². The molecule has 3 heterocycles. The molecule has 2 aliphatic rings. The Labute approximate surface area is 133 Å². The van der Waals surface area contributed by atoms with Gasteiger partial charge in [0.2, 0.25) is 0 Å². The molecule has 0 spiro atoms. The Morgan fingerprint density at radius 1 is 1.32 bits per heavy atom. The molecule has 1 atom stereocenters. The molecule has 3 rings (SSSR count). The number of hydrogen-bond donors (Lipinski definition) is 1. The number of aromatic amines is 1. The van der Waals surface area contributed by atoms with E-state index in [1.165, 1.54) is 18.0 Å². The molecule has 0 radical (unpaired) electrons. The summed E-state index contributed by atoms with van der Waals surface area (Å²) in [5.41, 5.74) is -0.219. The molecule has 1 N–H and O–H groups in total. The molecule has 1 aromatic heterocycles. The van der Waals surface area contributed by atoms with E-state index >= 15 is 0 Å². The van der Waals surface area contributed by atoms with Crippen LogP contribution in [-0.2, 0) is 0 Å². The summed E-state index contributed by atoms with van der Waals surface area (Å²) in [4.78, 5) is 37.9. The van der Waals surface area contributed by atoms with Gasteiger partial charge in [-0.15, -0.1) is 0 Å². The monoisotopic (exact) mass is 323 g/mol. The third-order valence-corrected chi connectivity index (χ3v) is 4.98. The van der Waals surface area contributed by atoms with Crippen molar-refractivity contribution in [2.24, 2.45) is 0 Å². The van der Waals surface area contributed by atoms with Gasteiger partial charge in [0, 0.05) is 51.5 Å². The Balaban J connectivity index is 1.74. The second kappa shape index (κ2) is 6.39. The molecule has 0 aliphatic carbocycles. The molecule has 7 nitrogen and oxygen atoms in total. The quantitative estimate of drug-likeness (QED) is 0.588. The Hall–Kier alpha value is -1.38. The Morgan fingerprint density at radius 2 is 2.09 bits per heavy atom. The number of fused-ring (bicyclic) bond motifs is 1. The van der Waals surface area contributed by atoms with Crippen LogP contribution in [0.2, 0.25) is 0 Å². The first kappa shape index (κ1) is 15.5. The Bertz CT molecular complexity index is 619. The second-order valence-electron chi connectivity index (χ2n) is 5.84. The van der Waals surface area contributed by atoms with Crippen LogP contribution in [0.1, 0.15) is 10.4 Å². The van der Waals surface area contributed by atoms with Gasteiger partial charge in [-0.25, -0.2) is 4.98 Å². The van der Waals surface area contributed by atoms with Gasteiger partial charge >= 0.3 is 0 Å². The summed E-state index contributed by atoms with van der Waals surface area (Å²) >= 11 is 1.35. The van der Waals surface area contributed by atoms with Crippen LogP contribution in [0.15, 0.2) is 16.1 Å². The zero-order valence-corrected chi connectivity index (χ0v) is 13.7. The summed E-state index contributed by atoms with van der Waals surface area (Å²) in [5, 5.41) is 0.528. The van der Waals surface area contributed by atoms with E-state index in [0.717, 1.165) is 26.2 Å². The molecule has 1 unspecified atom stereocenters. The molecule has 0 saturated carbocycles. The van der Waals surface area contributed by atoms with Crippen LogP contribution in [0.4, 0.5) is 0 Å². The Kier molecular flexibility index (Phi) is 4.51. The van der Waals surface area contributed by atoms with E-state index in [2.05, 4.69) is 26.8 Å². The largest absolute Gasteiger partial charge is 0.336 e. The van der Waals surface area contributed by atoms with Crippen molar-refractivity contribution in [3.63, 3.8) is 0 Å². The molecule has 8 heteroatoms. The number of thioether (sulfide) groups is 1. The van der Waals surface area contributed by atoms with Crippen LogP contribution in [0, 0.1) is 0 Å². The van der Waals surface area contributed by atoms with Gasteiger partial charge in [0.25, 0.3) is 11.5 Å². The van der Waals surface area contributed by atoms with Crippen molar-refractivity contribution in [3.05, 3.63) is 22.1 Å². The maximum absolute atomic E-state index is 12.6. The highest BCUT2D eigenvalue weighted by molar-refractivity contribution is 7.98. The molecule has 0 aromatic carbocycles. The van der Waals surface area contributed by atoms with Gasteiger partial charge in [-0.1, -0.05) is 11.8 Å². The third kappa shape index (κ3) is 3.04. The lowest BCUT2D eigenvalue weighted by atomic mass is 10.1. The third-order valence-electron chi connectivity index (χ3n) is 4.38. The highest BCUT2D eigenvalue weighted by Crippen LogP contribution is 2.16. The van der Waals surface area contributed by atoms with Crippen molar-refractivity contribution >= 4 is 17.7 Å². The fourth-order valence-electron chi connectivity index (χ4n) is 3.10. The number of carbonyl (C=O) groups is 1. The molecule has 22 heavy (non-hydrogen) atoms. The molecule has 2 fully saturated rings. The summed E-state index contributed by atoms with van der Waals surface area (Å²) in [6, 6.07) is 0.356. The van der Waals surface area contributed by atoms with Crippen molar-refractivity contribution in [1.29, 1.82) is 0 Å². The fraction of sp³-hybridized carbons (Fsp3) is 0.643. The summed E-state index contributed by atoms with van der Waals surface area (Å²) in [7, 11) is 2.11. The van der Waals surface area contributed by atoms with Crippen LogP contribution >= 0.6 is 11.8 Å². The number of aromatic nitrogens is 2. The summed E-state index contributed by atoms with van der Waals surface area (Å²) in [6.45, 7) is 5.30. The van der Waals surface area contributed by atoms with Gasteiger partial charge in [-0.05, 0) is 13.3 Å². The number of likely N-dealkylation sites (N-methyl/N-ethyl adjacent to an activating group) is 1. The zero-order valence-electron chi connectivity index (χ0n) is 12.9. The average Bonchev–Trinajstić information content (AvgIpc) is 2.53. The van der Waals surface area contributed by atoms with Gasteiger partial charge in [-0.3, -0.25) is 14.5 Å². The maximum atomic E-state index is 12.6. The number of nitrogens with one attached hydrogen (secondary N) is 1. The van der Waals surface area contributed by atoms with Gasteiger partial charge < -0.3 is 14.8 Å². The number of H-pyrrole nitrogens is 1. The highest BCUT2D eigenvalue weighted by atomic mass is 32.2. The van der Waals surface area contributed by atoms with E-state index in [4.69, 9.17) is 0 Å². The number of hydrogen-bond acceptors (Lipinski definition) is 6. The van der Waals surface area contributed by atoms with Gasteiger partial charge in [0.05, 0.1) is 0 Å². The first-order chi connectivity index (χ1) is 10.6. The van der Waals surface area contributed by atoms with E-state index < -0.39 is 0 Å². The number of rotatable bonds is 2. The minimum atomic E-state index is -0.354. The highest BCUT2D eigenvalue weighted by Gasteiger charge is 2.33. The molecule has 1 amide bonds. The van der Waals surface area contributed by atoms with Crippen LogP contribution in [0.3, 0.4) is 0 Å². The summed E-state index contributed by atoms with van der Waals surface area (Å²) < 4.78 is 0. The Morgan fingerprint density at radius 3 is 2.82 bits per heavy atom. The van der Waals surface area contributed by atoms with Crippen LogP contribution in [-0.4, -0.2) is 89.2 Å². The number of piperazine rings is 2. The van der Waals surface area contributed by atoms with Gasteiger partial charge in [0.1, 0.15) is 5.56 Å². The minimum Gasteiger partial charge on any atom is -0.336 e. The van der Waals surface area contributed by atoms with Crippen molar-refractivity contribution < 1.29 is 4.79 Å². The molecular weight excluding hydrogens is 302 g/mol. The van der Waals surface area contributed by atoms with E-state index in [1.54, 1.807) is 4.90 Å². The first-order valence-electron chi connectivity index (χ1n) is 7.43. The molecule has 0 bridgehead atoms. The van der Waals surface area contributed by atoms with Crippen molar-refractivity contribution in [2.75, 3.05) is 52.6 Å². The number of nitrogens with zero attached hydrogens (tertiary/aromatic N) is 4. The molecular formula is C14H21N5O2S. The first-order valence-corrected chi connectivity index (χ1v) is 8.66. The summed E-state index contributed by atoms with van der Waals surface area (Å²) in [6.07, 6.45) is 3.23. The van der Waals surface area contributed by atoms with Crippen molar-refractivity contribution in [2.45, 2.75) is 11.2 Å². The standard InChI is InChI=1S/C14H21N5O2S/c1-17-3-4-18-5-6-19(9-10(18)8-17)13(21)11-7-15-14(22-2)16-12(11)20/h7,10H,3-6,8-9H2,1-2H3,(H,15,16,20). The van der Waals surface area contributed by atoms with E-state index in [-0.39, 0.29) is 17.0 Å². The predicted octanol–water partition coefficient (Wildman–Crippen LogP) is -0.436. The van der Waals surface area contributed by atoms with Crippen LogP contribution in [0.5, 0.6) is 0 Å². The van der Waals surface area contributed by atoms with E-state index in [9.17, 15) is 9.59 Å². The van der Waals surface area contributed by atoms with Crippen molar-refractivity contribution in [3.8, 4) is 0 Å². The minimum absolute atomic E-state index is 0.135. The predicted molar refractivity (Wildman–Crippen MR) is 85.4 cm³/mol. The van der Waals surface area contributed by atoms with Gasteiger partial charge in [-0.2, -0.15) is 0 Å².